The number of allylic oxidation sites excluding steroid dienone is 1. The van der Waals surface area contributed by atoms with E-state index in [2.05, 4.69) is 6.58 Å². The van der Waals surface area contributed by atoms with Crippen molar-refractivity contribution < 1.29 is 9.84 Å². The van der Waals surface area contributed by atoms with Gasteiger partial charge in [0.05, 0.1) is 12.7 Å². The third-order valence-electron chi connectivity index (χ3n) is 2.97. The number of unbranched alkanes of at least 4 members (excludes halogenated alkanes) is 3. The Morgan fingerprint density at radius 2 is 2.06 bits per heavy atom. The molecule has 1 aromatic rings. The molecule has 0 aromatic heterocycles. The molecule has 0 radical (unpaired) electrons. The lowest BCUT2D eigenvalue weighted by Gasteiger charge is -2.14. The number of hydrogen-bond donors (Lipinski definition) is 1. The fourth-order valence-electron chi connectivity index (χ4n) is 1.86. The van der Waals surface area contributed by atoms with E-state index in [1.807, 2.05) is 37.3 Å². The minimum atomic E-state index is -0.429. The maximum Gasteiger partial charge on any atom is 0.125 e. The van der Waals surface area contributed by atoms with Gasteiger partial charge in [-0.1, -0.05) is 31.2 Å². The number of para-hydroxylation sites is 1. The zero-order valence-corrected chi connectivity index (χ0v) is 11.3. The maximum absolute atomic E-state index is 9.89. The maximum atomic E-state index is 9.89. The summed E-state index contributed by atoms with van der Waals surface area (Å²) in [4.78, 5) is 0. The van der Waals surface area contributed by atoms with E-state index in [4.69, 9.17) is 4.74 Å². The SMILES string of the molecule is C=CCCCCCOc1ccccc1C(O)CC. The van der Waals surface area contributed by atoms with E-state index < -0.39 is 6.10 Å². The van der Waals surface area contributed by atoms with Crippen LogP contribution in [0.4, 0.5) is 0 Å². The fraction of sp³-hybridized carbons (Fsp3) is 0.500. The van der Waals surface area contributed by atoms with Gasteiger partial charge in [0.2, 0.25) is 0 Å². The summed E-state index contributed by atoms with van der Waals surface area (Å²) in [6, 6.07) is 7.74. The summed E-state index contributed by atoms with van der Waals surface area (Å²) in [5.41, 5.74) is 0.895. The van der Waals surface area contributed by atoms with Gasteiger partial charge in [-0.25, -0.2) is 0 Å². The van der Waals surface area contributed by atoms with Crippen LogP contribution in [0.15, 0.2) is 36.9 Å². The predicted octanol–water partition coefficient (Wildman–Crippen LogP) is 4.26. The summed E-state index contributed by atoms with van der Waals surface area (Å²) in [6.07, 6.45) is 6.68. The van der Waals surface area contributed by atoms with Crippen LogP contribution in [-0.2, 0) is 0 Å². The van der Waals surface area contributed by atoms with Crippen molar-refractivity contribution in [3.63, 3.8) is 0 Å². The largest absolute Gasteiger partial charge is 0.493 e. The van der Waals surface area contributed by atoms with Crippen LogP contribution < -0.4 is 4.74 Å². The van der Waals surface area contributed by atoms with E-state index in [1.54, 1.807) is 0 Å². The molecule has 1 unspecified atom stereocenters. The average Bonchev–Trinajstić information content (AvgIpc) is 2.42. The highest BCUT2D eigenvalue weighted by Gasteiger charge is 2.10. The molecule has 2 heteroatoms. The number of aliphatic hydroxyl groups excluding tert-OH is 1. The Morgan fingerprint density at radius 3 is 2.78 bits per heavy atom. The van der Waals surface area contributed by atoms with E-state index in [9.17, 15) is 5.11 Å². The molecule has 0 bridgehead atoms. The van der Waals surface area contributed by atoms with Crippen LogP contribution in [-0.4, -0.2) is 11.7 Å². The zero-order chi connectivity index (χ0) is 13.2. The molecule has 1 atom stereocenters. The first-order valence-electron chi connectivity index (χ1n) is 6.80. The molecule has 2 nitrogen and oxygen atoms in total. The van der Waals surface area contributed by atoms with Crippen LogP contribution in [0.5, 0.6) is 5.75 Å². The molecule has 0 aliphatic carbocycles. The molecule has 0 fully saturated rings. The third-order valence-corrected chi connectivity index (χ3v) is 2.97. The van der Waals surface area contributed by atoms with Gasteiger partial charge >= 0.3 is 0 Å². The van der Waals surface area contributed by atoms with Gasteiger partial charge in [-0.3, -0.25) is 0 Å². The molecule has 1 aromatic carbocycles. The van der Waals surface area contributed by atoms with Crippen molar-refractivity contribution in [2.45, 2.75) is 45.1 Å². The Balaban J connectivity index is 2.39. The van der Waals surface area contributed by atoms with Gasteiger partial charge in [0.25, 0.3) is 0 Å². The second kappa shape index (κ2) is 8.76. The molecular formula is C16H24O2. The number of ether oxygens (including phenoxy) is 1. The predicted molar refractivity (Wildman–Crippen MR) is 75.9 cm³/mol. The van der Waals surface area contributed by atoms with Gasteiger partial charge in [-0.05, 0) is 38.2 Å². The van der Waals surface area contributed by atoms with Gasteiger partial charge in [-0.15, -0.1) is 6.58 Å². The zero-order valence-electron chi connectivity index (χ0n) is 11.3. The molecule has 1 rings (SSSR count). The highest BCUT2D eigenvalue weighted by Crippen LogP contribution is 2.26. The summed E-state index contributed by atoms with van der Waals surface area (Å²) >= 11 is 0. The summed E-state index contributed by atoms with van der Waals surface area (Å²) in [5.74, 6) is 0.815. The van der Waals surface area contributed by atoms with Crippen LogP contribution in [0, 0.1) is 0 Å². The molecule has 0 amide bonds. The normalized spacial score (nSPS) is 12.1. The number of aliphatic hydroxyl groups is 1. The van der Waals surface area contributed by atoms with Crippen LogP contribution >= 0.6 is 0 Å². The molecule has 18 heavy (non-hydrogen) atoms. The Bertz CT molecular complexity index is 347. The molecule has 100 valence electrons. The smallest absolute Gasteiger partial charge is 0.125 e. The van der Waals surface area contributed by atoms with Crippen molar-refractivity contribution >= 4 is 0 Å². The van der Waals surface area contributed by atoms with Crippen LogP contribution in [0.25, 0.3) is 0 Å². The average molecular weight is 248 g/mol. The van der Waals surface area contributed by atoms with Crippen molar-refractivity contribution in [2.75, 3.05) is 6.61 Å². The van der Waals surface area contributed by atoms with E-state index in [0.29, 0.717) is 13.0 Å². The lowest BCUT2D eigenvalue weighted by Crippen LogP contribution is -2.03. The van der Waals surface area contributed by atoms with E-state index in [1.165, 1.54) is 6.42 Å². The lowest BCUT2D eigenvalue weighted by atomic mass is 10.1. The van der Waals surface area contributed by atoms with E-state index in [-0.39, 0.29) is 0 Å². The van der Waals surface area contributed by atoms with E-state index >= 15 is 0 Å². The summed E-state index contributed by atoms with van der Waals surface area (Å²) in [5, 5.41) is 9.89. The number of hydrogen-bond acceptors (Lipinski definition) is 2. The van der Waals surface area contributed by atoms with Crippen LogP contribution in [0.1, 0.15) is 50.7 Å². The number of benzene rings is 1. The Hall–Kier alpha value is -1.28. The summed E-state index contributed by atoms with van der Waals surface area (Å²) in [6.45, 7) is 6.39. The number of rotatable bonds is 9. The minimum Gasteiger partial charge on any atom is -0.493 e. The molecular weight excluding hydrogens is 224 g/mol. The first kappa shape index (κ1) is 14.8. The van der Waals surface area contributed by atoms with Crippen molar-refractivity contribution in [1.29, 1.82) is 0 Å². The van der Waals surface area contributed by atoms with Gasteiger partial charge < -0.3 is 9.84 Å². The van der Waals surface area contributed by atoms with Gasteiger partial charge in [0.1, 0.15) is 5.75 Å². The molecule has 0 saturated carbocycles. The Labute approximate surface area is 110 Å². The van der Waals surface area contributed by atoms with Gasteiger partial charge in [0.15, 0.2) is 0 Å². The van der Waals surface area contributed by atoms with Crippen molar-refractivity contribution in [1.82, 2.24) is 0 Å². The molecule has 1 N–H and O–H groups in total. The molecule has 0 aliphatic rings. The monoisotopic (exact) mass is 248 g/mol. The summed E-state index contributed by atoms with van der Waals surface area (Å²) < 4.78 is 5.75. The second-order valence-electron chi connectivity index (χ2n) is 4.45. The van der Waals surface area contributed by atoms with Crippen LogP contribution in [0.2, 0.25) is 0 Å². The Kier molecular flexibility index (Phi) is 7.19. The van der Waals surface area contributed by atoms with Crippen molar-refractivity contribution in [3.8, 4) is 5.75 Å². The fourth-order valence-corrected chi connectivity index (χ4v) is 1.86. The first-order chi connectivity index (χ1) is 8.79. The highest BCUT2D eigenvalue weighted by atomic mass is 16.5. The summed E-state index contributed by atoms with van der Waals surface area (Å²) in [7, 11) is 0. The lowest BCUT2D eigenvalue weighted by molar-refractivity contribution is 0.167. The second-order valence-corrected chi connectivity index (χ2v) is 4.45. The first-order valence-corrected chi connectivity index (χ1v) is 6.80. The highest BCUT2D eigenvalue weighted by molar-refractivity contribution is 5.34. The molecule has 0 saturated heterocycles. The van der Waals surface area contributed by atoms with Gasteiger partial charge in [0, 0.05) is 5.56 Å². The molecule has 0 heterocycles. The third kappa shape index (κ3) is 4.92. The molecule has 0 spiro atoms. The quantitative estimate of drug-likeness (QED) is 0.523. The van der Waals surface area contributed by atoms with Crippen molar-refractivity contribution in [3.05, 3.63) is 42.5 Å². The van der Waals surface area contributed by atoms with E-state index in [0.717, 1.165) is 30.6 Å². The van der Waals surface area contributed by atoms with Gasteiger partial charge in [-0.2, -0.15) is 0 Å². The molecule has 0 aliphatic heterocycles. The minimum absolute atomic E-state index is 0.429. The Morgan fingerprint density at radius 1 is 1.28 bits per heavy atom. The van der Waals surface area contributed by atoms with Crippen molar-refractivity contribution in [2.24, 2.45) is 0 Å². The topological polar surface area (TPSA) is 29.5 Å². The standard InChI is InChI=1S/C16H24O2/c1-3-5-6-7-10-13-18-16-12-9-8-11-14(16)15(17)4-2/h3,8-9,11-12,15,17H,1,4-7,10,13H2,2H3. The van der Waals surface area contributed by atoms with Crippen LogP contribution in [0.3, 0.4) is 0 Å².